The van der Waals surface area contributed by atoms with Crippen molar-refractivity contribution >= 4 is 36.4 Å². The molecule has 1 amide bonds. The van der Waals surface area contributed by atoms with Crippen molar-refractivity contribution in [3.63, 3.8) is 0 Å². The fraction of sp³-hybridized carbons (Fsp3) is 0.650. The summed E-state index contributed by atoms with van der Waals surface area (Å²) in [7, 11) is 0. The quantitative estimate of drug-likeness (QED) is 0.741. The van der Waals surface area contributed by atoms with E-state index in [0.29, 0.717) is 18.4 Å². The number of benzene rings is 1. The molecule has 2 heterocycles. The van der Waals surface area contributed by atoms with Gasteiger partial charge in [0.25, 0.3) is 0 Å². The van der Waals surface area contributed by atoms with Gasteiger partial charge in [-0.05, 0) is 31.5 Å². The molecule has 27 heavy (non-hydrogen) atoms. The third-order valence-corrected chi connectivity index (χ3v) is 5.40. The van der Waals surface area contributed by atoms with Gasteiger partial charge in [-0.25, -0.2) is 0 Å². The van der Waals surface area contributed by atoms with Crippen molar-refractivity contribution in [3.05, 3.63) is 30.3 Å². The molecule has 0 aliphatic carbocycles. The Labute approximate surface area is 176 Å². The number of rotatable bonds is 7. The van der Waals surface area contributed by atoms with Gasteiger partial charge in [-0.3, -0.25) is 9.69 Å². The molecule has 1 N–H and O–H groups in total. The normalized spacial score (nSPS) is 19.9. The van der Waals surface area contributed by atoms with E-state index in [2.05, 4.69) is 57.3 Å². The highest BCUT2D eigenvalue weighted by molar-refractivity contribution is 5.85. The standard InChI is InChI=1S/C20H32N4O.2ClH/c1-2-11-24(19-8-10-21-17-19)20(25)9-12-22-13-15-23(16-14-22)18-6-4-3-5-7-18;;/h3-7,19,21H,2,8-17H2,1H3;2*1H. The number of halogens is 2. The molecule has 0 bridgehead atoms. The maximum absolute atomic E-state index is 12.7. The predicted molar refractivity (Wildman–Crippen MR) is 117 cm³/mol. The van der Waals surface area contributed by atoms with Gasteiger partial charge in [-0.15, -0.1) is 24.8 Å². The first-order valence-corrected chi connectivity index (χ1v) is 9.80. The molecule has 0 radical (unpaired) electrons. The summed E-state index contributed by atoms with van der Waals surface area (Å²) >= 11 is 0. The first-order valence-electron chi connectivity index (χ1n) is 9.80. The number of piperazine rings is 1. The summed E-state index contributed by atoms with van der Waals surface area (Å²) < 4.78 is 0. The van der Waals surface area contributed by atoms with Crippen LogP contribution in [0.25, 0.3) is 0 Å². The lowest BCUT2D eigenvalue weighted by Crippen LogP contribution is -2.48. The molecule has 2 saturated heterocycles. The third kappa shape index (κ3) is 6.83. The topological polar surface area (TPSA) is 38.8 Å². The van der Waals surface area contributed by atoms with Gasteiger partial charge in [0.05, 0.1) is 0 Å². The second kappa shape index (κ2) is 12.4. The number of amides is 1. The molecule has 5 nitrogen and oxygen atoms in total. The zero-order valence-corrected chi connectivity index (χ0v) is 17.9. The van der Waals surface area contributed by atoms with Crippen LogP contribution < -0.4 is 10.2 Å². The van der Waals surface area contributed by atoms with Crippen LogP contribution in [0.1, 0.15) is 26.2 Å². The lowest BCUT2D eigenvalue weighted by Gasteiger charge is -2.36. The number of carbonyl (C=O) groups is 1. The van der Waals surface area contributed by atoms with Gasteiger partial charge >= 0.3 is 0 Å². The fourth-order valence-electron chi connectivity index (χ4n) is 3.92. The monoisotopic (exact) mass is 416 g/mol. The largest absolute Gasteiger partial charge is 0.369 e. The van der Waals surface area contributed by atoms with Gasteiger partial charge in [0.1, 0.15) is 0 Å². The van der Waals surface area contributed by atoms with E-state index in [0.717, 1.165) is 65.2 Å². The molecule has 1 aromatic carbocycles. The molecule has 1 atom stereocenters. The Balaban J connectivity index is 0.00000182. The first-order chi connectivity index (χ1) is 12.3. The molecule has 1 aromatic rings. The molecular weight excluding hydrogens is 383 g/mol. The summed E-state index contributed by atoms with van der Waals surface area (Å²) in [6.07, 6.45) is 2.79. The number of nitrogens with zero attached hydrogens (tertiary/aromatic N) is 3. The first kappa shape index (κ1) is 24.0. The zero-order valence-electron chi connectivity index (χ0n) is 16.3. The highest BCUT2D eigenvalue weighted by atomic mass is 35.5. The van der Waals surface area contributed by atoms with Gasteiger partial charge in [0, 0.05) is 64.0 Å². The zero-order chi connectivity index (χ0) is 17.5. The minimum absolute atomic E-state index is 0. The molecule has 0 spiro atoms. The van der Waals surface area contributed by atoms with E-state index in [1.54, 1.807) is 0 Å². The second-order valence-corrected chi connectivity index (χ2v) is 7.15. The van der Waals surface area contributed by atoms with Gasteiger partial charge in [-0.1, -0.05) is 25.1 Å². The van der Waals surface area contributed by atoms with Crippen molar-refractivity contribution in [2.75, 3.05) is 57.3 Å². The molecule has 0 aromatic heterocycles. The van der Waals surface area contributed by atoms with Crippen molar-refractivity contribution in [3.8, 4) is 0 Å². The van der Waals surface area contributed by atoms with Crippen LogP contribution in [0.2, 0.25) is 0 Å². The molecule has 2 fully saturated rings. The molecule has 7 heteroatoms. The highest BCUT2D eigenvalue weighted by Crippen LogP contribution is 2.16. The maximum atomic E-state index is 12.7. The van der Waals surface area contributed by atoms with Gasteiger partial charge < -0.3 is 15.1 Å². The highest BCUT2D eigenvalue weighted by Gasteiger charge is 2.26. The summed E-state index contributed by atoms with van der Waals surface area (Å²) in [6, 6.07) is 11.0. The van der Waals surface area contributed by atoms with Crippen LogP contribution in [0.3, 0.4) is 0 Å². The lowest BCUT2D eigenvalue weighted by molar-refractivity contribution is -0.133. The molecule has 2 aliphatic rings. The van der Waals surface area contributed by atoms with E-state index >= 15 is 0 Å². The number of carbonyl (C=O) groups excluding carboxylic acids is 1. The van der Waals surface area contributed by atoms with Crippen LogP contribution >= 0.6 is 24.8 Å². The summed E-state index contributed by atoms with van der Waals surface area (Å²) in [5.74, 6) is 0.334. The Morgan fingerprint density at radius 1 is 1.15 bits per heavy atom. The van der Waals surface area contributed by atoms with Crippen LogP contribution in [0.15, 0.2) is 30.3 Å². The summed E-state index contributed by atoms with van der Waals surface area (Å²) in [5.41, 5.74) is 1.31. The lowest BCUT2D eigenvalue weighted by atomic mass is 10.2. The Bertz CT molecular complexity index is 532. The van der Waals surface area contributed by atoms with Crippen molar-refractivity contribution < 1.29 is 4.79 Å². The van der Waals surface area contributed by atoms with Crippen molar-refractivity contribution in [2.45, 2.75) is 32.2 Å². The Kier molecular flexibility index (Phi) is 11.1. The summed E-state index contributed by atoms with van der Waals surface area (Å²) in [6.45, 7) is 10.1. The molecule has 3 rings (SSSR count). The molecular formula is C20H34Cl2N4O. The SMILES string of the molecule is CCCN(C(=O)CCN1CCN(c2ccccc2)CC1)C1CCNC1.Cl.Cl. The predicted octanol–water partition coefficient (Wildman–Crippen LogP) is 2.64. The number of anilines is 1. The molecule has 1 unspecified atom stereocenters. The molecule has 0 saturated carbocycles. The van der Waals surface area contributed by atoms with E-state index in [9.17, 15) is 4.79 Å². The van der Waals surface area contributed by atoms with Gasteiger partial charge in [-0.2, -0.15) is 0 Å². The fourth-order valence-corrected chi connectivity index (χ4v) is 3.92. The minimum atomic E-state index is 0. The van der Waals surface area contributed by atoms with Crippen molar-refractivity contribution in [2.24, 2.45) is 0 Å². The van der Waals surface area contributed by atoms with Crippen molar-refractivity contribution in [1.29, 1.82) is 0 Å². The van der Waals surface area contributed by atoms with Gasteiger partial charge in [0.2, 0.25) is 5.91 Å². The smallest absolute Gasteiger partial charge is 0.224 e. The van der Waals surface area contributed by atoms with Crippen LogP contribution in [-0.4, -0.2) is 74.1 Å². The van der Waals surface area contributed by atoms with Gasteiger partial charge in [0.15, 0.2) is 0 Å². The Morgan fingerprint density at radius 2 is 1.85 bits per heavy atom. The van der Waals surface area contributed by atoms with Crippen LogP contribution in [0.5, 0.6) is 0 Å². The average Bonchev–Trinajstić information content (AvgIpc) is 3.19. The average molecular weight is 417 g/mol. The number of hydrogen-bond donors (Lipinski definition) is 1. The maximum Gasteiger partial charge on any atom is 0.224 e. The van der Waals surface area contributed by atoms with Crippen molar-refractivity contribution in [1.82, 2.24) is 15.1 Å². The third-order valence-electron chi connectivity index (χ3n) is 5.40. The molecule has 2 aliphatic heterocycles. The summed E-state index contributed by atoms with van der Waals surface area (Å²) in [5, 5.41) is 3.38. The van der Waals surface area contributed by atoms with E-state index < -0.39 is 0 Å². The van der Waals surface area contributed by atoms with Crippen LogP contribution in [-0.2, 0) is 4.79 Å². The number of para-hydroxylation sites is 1. The number of nitrogens with one attached hydrogen (secondary N) is 1. The van der Waals surface area contributed by atoms with E-state index in [1.807, 2.05) is 0 Å². The second-order valence-electron chi connectivity index (χ2n) is 7.15. The Hall–Kier alpha value is -1.01. The minimum Gasteiger partial charge on any atom is -0.369 e. The van der Waals surface area contributed by atoms with Crippen LogP contribution in [0, 0.1) is 0 Å². The van der Waals surface area contributed by atoms with Crippen LogP contribution in [0.4, 0.5) is 5.69 Å². The van der Waals surface area contributed by atoms with E-state index in [1.165, 1.54) is 5.69 Å². The number of hydrogen-bond acceptors (Lipinski definition) is 4. The van der Waals surface area contributed by atoms with E-state index in [-0.39, 0.29) is 24.8 Å². The summed E-state index contributed by atoms with van der Waals surface area (Å²) in [4.78, 5) is 19.7. The Morgan fingerprint density at radius 3 is 2.44 bits per heavy atom. The molecule has 154 valence electrons. The van der Waals surface area contributed by atoms with E-state index in [4.69, 9.17) is 0 Å².